The predicted octanol–water partition coefficient (Wildman–Crippen LogP) is 2.17. The highest BCUT2D eigenvalue weighted by atomic mass is 32.1. The van der Waals surface area contributed by atoms with Crippen molar-refractivity contribution < 1.29 is 9.64 Å². The van der Waals surface area contributed by atoms with Crippen LogP contribution in [-0.4, -0.2) is 44.5 Å². The van der Waals surface area contributed by atoms with Gasteiger partial charge in [0.25, 0.3) is 0 Å². The average Bonchev–Trinajstić information content (AvgIpc) is 3.25. The van der Waals surface area contributed by atoms with Gasteiger partial charge in [-0.05, 0) is 41.2 Å². The first-order chi connectivity index (χ1) is 13.3. The third-order valence-electron chi connectivity index (χ3n) is 5.02. The van der Waals surface area contributed by atoms with Crippen LogP contribution >= 0.6 is 23.6 Å². The highest BCUT2D eigenvalue weighted by molar-refractivity contribution is 7.80. The van der Waals surface area contributed by atoms with Crippen LogP contribution in [0.3, 0.4) is 0 Å². The van der Waals surface area contributed by atoms with E-state index in [9.17, 15) is 0 Å². The first kappa shape index (κ1) is 20.3. The molecule has 6 heteroatoms. The van der Waals surface area contributed by atoms with Crippen LogP contribution in [0, 0.1) is 0 Å². The molecule has 1 aromatic carbocycles. The summed E-state index contributed by atoms with van der Waals surface area (Å²) in [7, 11) is 0. The fourth-order valence-electron chi connectivity index (χ4n) is 3.35. The second-order valence-electron chi connectivity index (χ2n) is 6.91. The van der Waals surface area contributed by atoms with Crippen LogP contribution in [0.5, 0.6) is 0 Å². The Bertz CT molecular complexity index is 682. The Kier molecular flexibility index (Phi) is 8.08. The van der Waals surface area contributed by atoms with Gasteiger partial charge in [0.05, 0.1) is 25.8 Å². The van der Waals surface area contributed by atoms with E-state index in [0.29, 0.717) is 0 Å². The number of morpholine rings is 1. The molecule has 2 heterocycles. The van der Waals surface area contributed by atoms with Crippen LogP contribution in [-0.2, 0) is 11.2 Å². The van der Waals surface area contributed by atoms with Gasteiger partial charge in [0.2, 0.25) is 0 Å². The number of thiocarbonyl (C=S) groups is 1. The third kappa shape index (κ3) is 6.28. The zero-order valence-electron chi connectivity index (χ0n) is 16.0. The second-order valence-corrected chi connectivity index (χ2v) is 8.30. The number of thiophene rings is 1. The Labute approximate surface area is 171 Å². The highest BCUT2D eigenvalue weighted by Gasteiger charge is 2.17. The number of quaternary nitrogens is 1. The Morgan fingerprint density at radius 1 is 1.22 bits per heavy atom. The van der Waals surface area contributed by atoms with Crippen LogP contribution < -0.4 is 15.5 Å². The second kappa shape index (κ2) is 10.8. The Hall–Kier alpha value is -1.47. The summed E-state index contributed by atoms with van der Waals surface area (Å²) in [5.74, 6) is 0. The third-order valence-corrected chi connectivity index (χ3v) is 6.22. The molecule has 2 aromatic rings. The van der Waals surface area contributed by atoms with Crippen molar-refractivity contribution in [2.75, 3.05) is 39.4 Å². The Balaban J connectivity index is 1.51. The summed E-state index contributed by atoms with van der Waals surface area (Å²) in [6.45, 7) is 8.29. The number of nitrogens with one attached hydrogen (secondary N) is 3. The lowest BCUT2D eigenvalue weighted by atomic mass is 10.0. The summed E-state index contributed by atoms with van der Waals surface area (Å²) >= 11 is 7.34. The van der Waals surface area contributed by atoms with Crippen molar-refractivity contribution in [3.05, 3.63) is 57.8 Å². The van der Waals surface area contributed by atoms with E-state index < -0.39 is 0 Å². The van der Waals surface area contributed by atoms with Gasteiger partial charge in [-0.15, -0.1) is 11.3 Å². The van der Waals surface area contributed by atoms with Crippen molar-refractivity contribution in [3.63, 3.8) is 0 Å². The predicted molar refractivity (Wildman–Crippen MR) is 117 cm³/mol. The van der Waals surface area contributed by atoms with Crippen molar-refractivity contribution >= 4 is 28.7 Å². The minimum absolute atomic E-state index is 0.0979. The fourth-order valence-corrected chi connectivity index (χ4v) is 4.37. The molecule has 0 aliphatic carbocycles. The zero-order valence-corrected chi connectivity index (χ0v) is 17.6. The highest BCUT2D eigenvalue weighted by Crippen LogP contribution is 2.26. The molecule has 1 aromatic heterocycles. The van der Waals surface area contributed by atoms with Crippen LogP contribution in [0.1, 0.15) is 35.4 Å². The minimum atomic E-state index is 0.0979. The van der Waals surface area contributed by atoms with Crippen molar-refractivity contribution in [2.24, 2.45) is 0 Å². The molecular formula is C21H30N3OS2+. The zero-order chi connectivity index (χ0) is 18.9. The van der Waals surface area contributed by atoms with E-state index in [1.807, 2.05) is 0 Å². The minimum Gasteiger partial charge on any atom is -0.370 e. The van der Waals surface area contributed by atoms with Crippen molar-refractivity contribution in [1.82, 2.24) is 10.6 Å². The lowest BCUT2D eigenvalue weighted by molar-refractivity contribution is -0.908. The lowest BCUT2D eigenvalue weighted by Crippen LogP contribution is -3.14. The monoisotopic (exact) mass is 404 g/mol. The molecule has 1 saturated heterocycles. The van der Waals surface area contributed by atoms with Crippen molar-refractivity contribution in [3.8, 4) is 0 Å². The summed E-state index contributed by atoms with van der Waals surface area (Å²) in [5, 5.41) is 9.75. The topological polar surface area (TPSA) is 37.7 Å². The molecule has 0 saturated carbocycles. The molecule has 146 valence electrons. The van der Waals surface area contributed by atoms with E-state index in [0.717, 1.165) is 50.8 Å². The van der Waals surface area contributed by atoms with Gasteiger partial charge in [-0.1, -0.05) is 37.3 Å². The molecule has 4 nitrogen and oxygen atoms in total. The maximum atomic E-state index is 5.58. The molecule has 1 aliphatic heterocycles. The van der Waals surface area contributed by atoms with Gasteiger partial charge >= 0.3 is 0 Å². The largest absolute Gasteiger partial charge is 0.370 e. The Morgan fingerprint density at radius 3 is 2.67 bits per heavy atom. The lowest BCUT2D eigenvalue weighted by Gasteiger charge is -2.24. The quantitative estimate of drug-likeness (QED) is 0.466. The number of hydrogen-bond donors (Lipinski definition) is 3. The SMILES string of the molecule is CCc1ccc([C@@H](NC(=S)NCCC[NH+]2CCOCC2)c2cccs2)cc1. The van der Waals surface area contributed by atoms with Gasteiger partial charge in [0.15, 0.2) is 5.11 Å². The summed E-state index contributed by atoms with van der Waals surface area (Å²) in [4.78, 5) is 2.91. The number of benzene rings is 1. The van der Waals surface area contributed by atoms with Crippen LogP contribution in [0.2, 0.25) is 0 Å². The molecule has 3 N–H and O–H groups in total. The van der Waals surface area contributed by atoms with E-state index in [4.69, 9.17) is 17.0 Å². The van der Waals surface area contributed by atoms with Crippen LogP contribution in [0.25, 0.3) is 0 Å². The van der Waals surface area contributed by atoms with E-state index in [1.54, 1.807) is 16.2 Å². The first-order valence-electron chi connectivity index (χ1n) is 9.84. The van der Waals surface area contributed by atoms with Gasteiger partial charge in [0.1, 0.15) is 13.1 Å². The molecule has 1 aliphatic rings. The number of rotatable bonds is 8. The molecule has 0 bridgehead atoms. The molecular weight excluding hydrogens is 374 g/mol. The van der Waals surface area contributed by atoms with Crippen LogP contribution in [0.15, 0.2) is 41.8 Å². The van der Waals surface area contributed by atoms with E-state index >= 15 is 0 Å². The summed E-state index contributed by atoms with van der Waals surface area (Å²) < 4.78 is 5.41. The molecule has 0 radical (unpaired) electrons. The van der Waals surface area contributed by atoms with Gasteiger partial charge in [0, 0.05) is 17.8 Å². The van der Waals surface area contributed by atoms with Crippen LogP contribution in [0.4, 0.5) is 0 Å². The fraction of sp³-hybridized carbons (Fsp3) is 0.476. The molecule has 1 atom stereocenters. The summed E-state index contributed by atoms with van der Waals surface area (Å²) in [6.07, 6.45) is 2.18. The van der Waals surface area contributed by atoms with Gasteiger partial charge in [-0.3, -0.25) is 0 Å². The number of ether oxygens (including phenoxy) is 1. The maximum Gasteiger partial charge on any atom is 0.167 e. The molecule has 3 rings (SSSR count). The molecule has 0 amide bonds. The first-order valence-corrected chi connectivity index (χ1v) is 11.1. The van der Waals surface area contributed by atoms with Gasteiger partial charge in [-0.25, -0.2) is 0 Å². The van der Waals surface area contributed by atoms with Crippen molar-refractivity contribution in [1.29, 1.82) is 0 Å². The van der Waals surface area contributed by atoms with Crippen molar-refractivity contribution in [2.45, 2.75) is 25.8 Å². The van der Waals surface area contributed by atoms with Gasteiger partial charge < -0.3 is 20.3 Å². The number of hydrogen-bond acceptors (Lipinski definition) is 3. The van der Waals surface area contributed by atoms with E-state index in [-0.39, 0.29) is 6.04 Å². The molecule has 0 spiro atoms. The summed E-state index contributed by atoms with van der Waals surface area (Å²) in [5.41, 5.74) is 2.60. The summed E-state index contributed by atoms with van der Waals surface area (Å²) in [6, 6.07) is 13.2. The molecule has 1 fully saturated rings. The maximum absolute atomic E-state index is 5.58. The Morgan fingerprint density at radius 2 is 2.00 bits per heavy atom. The molecule has 0 unspecified atom stereocenters. The van der Waals surface area contributed by atoms with Gasteiger partial charge in [-0.2, -0.15) is 0 Å². The average molecular weight is 405 g/mol. The number of aryl methyl sites for hydroxylation is 1. The molecule has 27 heavy (non-hydrogen) atoms. The van der Waals surface area contributed by atoms with E-state index in [1.165, 1.54) is 22.5 Å². The normalized spacial score (nSPS) is 16.0. The van der Waals surface area contributed by atoms with E-state index in [2.05, 4.69) is 59.3 Å². The smallest absolute Gasteiger partial charge is 0.167 e. The standard InChI is InChI=1S/C21H29N3OS2/c1-2-17-6-8-18(9-7-17)20(19-5-3-16-27-19)23-21(26)22-10-4-11-24-12-14-25-15-13-24/h3,5-9,16,20H,2,4,10-15H2,1H3,(H2,22,23,26)/p+1/t20-/m1/s1.